The lowest BCUT2D eigenvalue weighted by Crippen LogP contribution is -2.57. The Morgan fingerprint density at radius 2 is 0.943 bits per heavy atom. The maximum absolute atomic E-state index is 6.69. The van der Waals surface area contributed by atoms with Crippen LogP contribution in [-0.2, 0) is 0 Å². The lowest BCUT2D eigenvalue weighted by molar-refractivity contribution is 0.463. The molecule has 3 aliphatic heterocycles. The molecule has 5 heteroatoms. The highest BCUT2D eigenvalue weighted by molar-refractivity contribution is 6.98. The van der Waals surface area contributed by atoms with Gasteiger partial charge in [0.15, 0.2) is 11.5 Å². The van der Waals surface area contributed by atoms with Crippen LogP contribution in [0.25, 0.3) is 0 Å². The van der Waals surface area contributed by atoms with Gasteiger partial charge in [0.1, 0.15) is 23.0 Å². The quantitative estimate of drug-likeness (QED) is 0.287. The van der Waals surface area contributed by atoms with Gasteiger partial charge in [-0.1, -0.05) is 60.7 Å². The summed E-state index contributed by atoms with van der Waals surface area (Å²) in [4.78, 5) is 2.24. The summed E-state index contributed by atoms with van der Waals surface area (Å²) in [6, 6.07) is 37.0. The molecule has 0 fully saturated rings. The molecule has 5 aromatic carbocycles. The first-order chi connectivity index (χ1) is 17.4. The van der Waals surface area contributed by atoms with Crippen molar-refractivity contribution in [1.29, 1.82) is 0 Å². The van der Waals surface area contributed by atoms with Gasteiger partial charge in [-0.25, -0.2) is 0 Å². The average Bonchev–Trinajstić information content (AvgIpc) is 2.91. The number of fused-ring (bicyclic) bond motifs is 6. The van der Waals surface area contributed by atoms with Crippen molar-refractivity contribution in [2.24, 2.45) is 0 Å². The van der Waals surface area contributed by atoms with Crippen LogP contribution >= 0.6 is 0 Å². The normalized spacial score (nSPS) is 13.7. The smallest absolute Gasteiger partial charge is 0.260 e. The minimum atomic E-state index is 0.0291. The molecule has 4 nitrogen and oxygen atoms in total. The molecular formula is C30H18BNO3. The molecule has 3 heterocycles. The molecule has 0 aliphatic carbocycles. The molecule has 0 amide bonds. The molecule has 0 spiro atoms. The Morgan fingerprint density at radius 3 is 1.71 bits per heavy atom. The minimum Gasteiger partial charge on any atom is -0.458 e. The van der Waals surface area contributed by atoms with Crippen LogP contribution in [0, 0.1) is 0 Å². The number of para-hydroxylation sites is 6. The van der Waals surface area contributed by atoms with Gasteiger partial charge in [-0.05, 0) is 59.5 Å². The van der Waals surface area contributed by atoms with E-state index >= 15 is 0 Å². The first kappa shape index (κ1) is 18.8. The van der Waals surface area contributed by atoms with Crippen molar-refractivity contribution >= 4 is 40.2 Å². The molecular weight excluding hydrogens is 433 g/mol. The summed E-state index contributed by atoms with van der Waals surface area (Å²) >= 11 is 0. The van der Waals surface area contributed by atoms with E-state index in [4.69, 9.17) is 14.2 Å². The van der Waals surface area contributed by atoms with Crippen molar-refractivity contribution in [3.05, 3.63) is 109 Å². The summed E-state index contributed by atoms with van der Waals surface area (Å²) in [5.74, 6) is 5.06. The SMILES string of the molecule is c1ccc2c(c1)Oc1cccc3c1B2c1cccc(N2c4ccccc4Oc4ccccc42)c1O3. The van der Waals surface area contributed by atoms with Gasteiger partial charge in [0, 0.05) is 5.46 Å². The first-order valence-electron chi connectivity index (χ1n) is 11.7. The van der Waals surface area contributed by atoms with Crippen molar-refractivity contribution < 1.29 is 14.2 Å². The van der Waals surface area contributed by atoms with E-state index in [9.17, 15) is 0 Å². The van der Waals surface area contributed by atoms with Gasteiger partial charge in [-0.3, -0.25) is 4.90 Å². The second kappa shape index (κ2) is 6.94. The van der Waals surface area contributed by atoms with E-state index < -0.39 is 0 Å². The van der Waals surface area contributed by atoms with E-state index in [1.807, 2.05) is 66.7 Å². The number of rotatable bonds is 1. The molecule has 35 heavy (non-hydrogen) atoms. The van der Waals surface area contributed by atoms with Crippen LogP contribution in [0.1, 0.15) is 0 Å². The maximum atomic E-state index is 6.69. The largest absolute Gasteiger partial charge is 0.458 e. The Labute approximate surface area is 203 Å². The van der Waals surface area contributed by atoms with Crippen LogP contribution in [-0.4, -0.2) is 6.71 Å². The Bertz CT molecular complexity index is 1620. The van der Waals surface area contributed by atoms with Gasteiger partial charge in [0.25, 0.3) is 6.71 Å². The highest BCUT2D eigenvalue weighted by Gasteiger charge is 2.41. The fourth-order valence-corrected chi connectivity index (χ4v) is 5.53. The topological polar surface area (TPSA) is 30.9 Å². The second-order valence-electron chi connectivity index (χ2n) is 8.91. The summed E-state index contributed by atoms with van der Waals surface area (Å²) in [5, 5.41) is 0. The van der Waals surface area contributed by atoms with Gasteiger partial charge in [0.05, 0.1) is 17.1 Å². The molecule has 5 aromatic rings. The third kappa shape index (κ3) is 2.58. The number of hydrogen-bond donors (Lipinski definition) is 0. The number of ether oxygens (including phenoxy) is 3. The molecule has 0 aromatic heterocycles. The second-order valence-corrected chi connectivity index (χ2v) is 8.91. The molecule has 0 N–H and O–H groups in total. The zero-order chi connectivity index (χ0) is 22.9. The van der Waals surface area contributed by atoms with Gasteiger partial charge < -0.3 is 14.2 Å². The molecule has 8 rings (SSSR count). The van der Waals surface area contributed by atoms with Crippen molar-refractivity contribution in [3.63, 3.8) is 0 Å². The minimum absolute atomic E-state index is 0.0291. The molecule has 0 saturated carbocycles. The Hall–Kier alpha value is -4.64. The van der Waals surface area contributed by atoms with Crippen molar-refractivity contribution in [2.45, 2.75) is 0 Å². The van der Waals surface area contributed by atoms with Gasteiger partial charge in [0.2, 0.25) is 0 Å². The standard InChI is InChI=1S/C30H18BNO3/c1-4-14-24-19(9-1)31-20-10-7-13-23(30(20)35-28-18-8-17-27(33-24)29(28)31)32-21-11-2-5-15-25(21)34-26-16-6-3-12-22(26)32/h1-18H. The van der Waals surface area contributed by atoms with Gasteiger partial charge in [-0.2, -0.15) is 0 Å². The highest BCUT2D eigenvalue weighted by atomic mass is 16.5. The summed E-state index contributed by atoms with van der Waals surface area (Å²) in [7, 11) is 0. The molecule has 164 valence electrons. The van der Waals surface area contributed by atoms with Crippen LogP contribution in [0.5, 0.6) is 34.5 Å². The van der Waals surface area contributed by atoms with E-state index in [2.05, 4.69) is 47.4 Å². The van der Waals surface area contributed by atoms with E-state index in [0.29, 0.717) is 0 Å². The molecule has 0 saturated heterocycles. The highest BCUT2D eigenvalue weighted by Crippen LogP contribution is 2.52. The zero-order valence-electron chi connectivity index (χ0n) is 18.6. The Morgan fingerprint density at radius 1 is 0.429 bits per heavy atom. The number of anilines is 3. The lowest BCUT2D eigenvalue weighted by Gasteiger charge is -2.37. The lowest BCUT2D eigenvalue weighted by atomic mass is 9.35. The van der Waals surface area contributed by atoms with Crippen molar-refractivity contribution in [3.8, 4) is 34.5 Å². The molecule has 0 bridgehead atoms. The first-order valence-corrected chi connectivity index (χ1v) is 11.7. The molecule has 0 atom stereocenters. The van der Waals surface area contributed by atoms with Crippen LogP contribution < -0.4 is 35.5 Å². The number of nitrogens with zero attached hydrogens (tertiary/aromatic N) is 1. The van der Waals surface area contributed by atoms with Gasteiger partial charge in [-0.15, -0.1) is 0 Å². The van der Waals surface area contributed by atoms with Crippen LogP contribution in [0.15, 0.2) is 109 Å². The monoisotopic (exact) mass is 451 g/mol. The summed E-state index contributed by atoms with van der Waals surface area (Å²) in [5.41, 5.74) is 6.30. The van der Waals surface area contributed by atoms with E-state index in [1.165, 1.54) is 0 Å². The predicted molar refractivity (Wildman–Crippen MR) is 139 cm³/mol. The summed E-state index contributed by atoms with van der Waals surface area (Å²) in [6.07, 6.45) is 0. The van der Waals surface area contributed by atoms with E-state index in [-0.39, 0.29) is 6.71 Å². The van der Waals surface area contributed by atoms with Crippen molar-refractivity contribution in [2.75, 3.05) is 4.90 Å². The van der Waals surface area contributed by atoms with Crippen LogP contribution in [0.4, 0.5) is 17.1 Å². The molecule has 0 radical (unpaired) electrons. The van der Waals surface area contributed by atoms with Crippen LogP contribution in [0.2, 0.25) is 0 Å². The average molecular weight is 451 g/mol. The third-order valence-corrected chi connectivity index (χ3v) is 6.99. The van der Waals surface area contributed by atoms with Gasteiger partial charge >= 0.3 is 0 Å². The summed E-state index contributed by atoms with van der Waals surface area (Å²) in [6.45, 7) is 0.0291. The van der Waals surface area contributed by atoms with Crippen LogP contribution in [0.3, 0.4) is 0 Å². The van der Waals surface area contributed by atoms with E-state index in [1.54, 1.807) is 0 Å². The van der Waals surface area contributed by atoms with Crippen molar-refractivity contribution in [1.82, 2.24) is 0 Å². The zero-order valence-corrected chi connectivity index (χ0v) is 18.6. The third-order valence-electron chi connectivity index (χ3n) is 6.99. The molecule has 3 aliphatic rings. The Balaban J connectivity index is 1.40. The predicted octanol–water partition coefficient (Wildman–Crippen LogP) is 5.99. The number of benzene rings is 5. The fourth-order valence-electron chi connectivity index (χ4n) is 5.53. The molecule has 0 unspecified atom stereocenters. The Kier molecular flexibility index (Phi) is 3.72. The fraction of sp³-hybridized carbons (Fsp3) is 0. The maximum Gasteiger partial charge on any atom is 0.260 e. The van der Waals surface area contributed by atoms with E-state index in [0.717, 1.165) is 67.9 Å². The summed E-state index contributed by atoms with van der Waals surface area (Å²) < 4.78 is 19.2. The number of hydrogen-bond acceptors (Lipinski definition) is 4.